The molecule has 1 atom stereocenters. The van der Waals surface area contributed by atoms with Gasteiger partial charge in [0.2, 0.25) is 11.8 Å². The topological polar surface area (TPSA) is 148 Å². The summed E-state index contributed by atoms with van der Waals surface area (Å²) < 4.78 is 39.6. The second-order valence-electron chi connectivity index (χ2n) is 11.4. The molecule has 0 aliphatic rings. The Bertz CT molecular complexity index is 1620. The normalized spacial score (nSPS) is 12.2. The van der Waals surface area contributed by atoms with Gasteiger partial charge in [-0.2, -0.15) is 0 Å². The first-order valence-electron chi connectivity index (χ1n) is 14.3. The summed E-state index contributed by atoms with van der Waals surface area (Å²) in [4.78, 5) is 39.7. The molecule has 45 heavy (non-hydrogen) atoms. The number of hydrogen-bond acceptors (Lipinski definition) is 8. The Labute approximate surface area is 264 Å². The molecule has 0 heterocycles. The maximum atomic E-state index is 14.2. The van der Waals surface area contributed by atoms with Crippen LogP contribution in [0.2, 0.25) is 0 Å². The van der Waals surface area contributed by atoms with Gasteiger partial charge >= 0.3 is 0 Å². The number of carbonyl (C=O) groups excluding carboxylic acids is 2. The Balaban J connectivity index is 2.13. The Kier molecular flexibility index (Phi) is 11.2. The van der Waals surface area contributed by atoms with Crippen LogP contribution in [0, 0.1) is 17.0 Å². The van der Waals surface area contributed by atoms with Crippen molar-refractivity contribution < 1.29 is 32.4 Å². The monoisotopic (exact) mass is 640 g/mol. The summed E-state index contributed by atoms with van der Waals surface area (Å²) in [5.41, 5.74) is 0.149. The van der Waals surface area contributed by atoms with Crippen LogP contribution in [0.1, 0.15) is 45.2 Å². The maximum absolute atomic E-state index is 14.2. The van der Waals surface area contributed by atoms with Crippen molar-refractivity contribution in [2.75, 3.05) is 25.1 Å². The highest BCUT2D eigenvalue weighted by atomic mass is 32.2. The number of nitro groups is 1. The van der Waals surface area contributed by atoms with Gasteiger partial charge in [-0.1, -0.05) is 25.1 Å². The van der Waals surface area contributed by atoms with E-state index in [9.17, 15) is 28.1 Å². The molecule has 1 N–H and O–H groups in total. The fraction of sp³-hybridized carbons (Fsp3) is 0.375. The number of methoxy groups -OCH3 is 2. The Morgan fingerprint density at radius 1 is 0.956 bits per heavy atom. The zero-order valence-electron chi connectivity index (χ0n) is 26.6. The molecule has 0 saturated heterocycles. The zero-order valence-corrected chi connectivity index (χ0v) is 27.4. The van der Waals surface area contributed by atoms with E-state index in [4.69, 9.17) is 9.47 Å². The highest BCUT2D eigenvalue weighted by Gasteiger charge is 2.35. The Hall–Kier alpha value is -4.65. The number of aryl methyl sites for hydroxylation is 1. The van der Waals surface area contributed by atoms with E-state index in [1.807, 2.05) is 20.8 Å². The number of hydrogen-bond donors (Lipinski definition) is 1. The van der Waals surface area contributed by atoms with Gasteiger partial charge in [-0.25, -0.2) is 8.42 Å². The molecule has 13 heteroatoms. The summed E-state index contributed by atoms with van der Waals surface area (Å²) in [6, 6.07) is 15.7. The Morgan fingerprint density at radius 3 is 2.00 bits per heavy atom. The number of nitrogens with one attached hydrogen (secondary N) is 1. The molecule has 12 nitrogen and oxygen atoms in total. The number of carbonyl (C=O) groups is 2. The molecule has 0 aliphatic heterocycles. The molecule has 0 radical (unpaired) electrons. The number of anilines is 1. The molecule has 0 bridgehead atoms. The number of nitrogens with zero attached hydrogens (tertiary/aromatic N) is 3. The van der Waals surface area contributed by atoms with Gasteiger partial charge in [0, 0.05) is 23.7 Å². The van der Waals surface area contributed by atoms with Crippen LogP contribution >= 0.6 is 0 Å². The van der Waals surface area contributed by atoms with Crippen LogP contribution in [-0.4, -0.2) is 62.4 Å². The minimum absolute atomic E-state index is 0.00536. The van der Waals surface area contributed by atoms with E-state index in [0.29, 0.717) is 17.1 Å². The van der Waals surface area contributed by atoms with E-state index in [2.05, 4.69) is 5.32 Å². The van der Waals surface area contributed by atoms with Crippen LogP contribution in [0.3, 0.4) is 0 Å². The minimum Gasteiger partial charge on any atom is -0.497 e. The van der Waals surface area contributed by atoms with Crippen molar-refractivity contribution in [3.05, 3.63) is 88.0 Å². The summed E-state index contributed by atoms with van der Waals surface area (Å²) >= 11 is 0. The number of benzene rings is 3. The van der Waals surface area contributed by atoms with Crippen LogP contribution in [0.4, 0.5) is 11.4 Å². The van der Waals surface area contributed by atoms with Crippen molar-refractivity contribution in [2.24, 2.45) is 0 Å². The molecule has 0 fully saturated rings. The predicted octanol–water partition coefficient (Wildman–Crippen LogP) is 4.84. The molecule has 3 aromatic rings. The third kappa shape index (κ3) is 8.72. The van der Waals surface area contributed by atoms with Crippen molar-refractivity contribution in [1.29, 1.82) is 0 Å². The lowest BCUT2D eigenvalue weighted by Crippen LogP contribution is -2.55. The first-order valence-corrected chi connectivity index (χ1v) is 15.7. The van der Waals surface area contributed by atoms with Crippen molar-refractivity contribution in [3.8, 4) is 11.5 Å². The summed E-state index contributed by atoms with van der Waals surface area (Å²) in [5, 5.41) is 14.6. The van der Waals surface area contributed by atoms with E-state index in [-0.39, 0.29) is 40.7 Å². The predicted molar refractivity (Wildman–Crippen MR) is 171 cm³/mol. The number of amides is 2. The van der Waals surface area contributed by atoms with Crippen molar-refractivity contribution in [3.63, 3.8) is 0 Å². The largest absolute Gasteiger partial charge is 0.497 e. The van der Waals surface area contributed by atoms with Crippen molar-refractivity contribution in [1.82, 2.24) is 10.2 Å². The zero-order chi connectivity index (χ0) is 33.5. The van der Waals surface area contributed by atoms with Gasteiger partial charge in [0.1, 0.15) is 24.1 Å². The smallest absolute Gasteiger partial charge is 0.273 e. The van der Waals surface area contributed by atoms with Crippen molar-refractivity contribution >= 4 is 33.2 Å². The van der Waals surface area contributed by atoms with Gasteiger partial charge in [-0.05, 0) is 82.1 Å². The average molecular weight is 641 g/mol. The van der Waals surface area contributed by atoms with Gasteiger partial charge in [-0.3, -0.25) is 24.0 Å². The highest BCUT2D eigenvalue weighted by Crippen LogP contribution is 2.30. The summed E-state index contributed by atoms with van der Waals surface area (Å²) in [6.45, 7) is 8.07. The van der Waals surface area contributed by atoms with E-state index < -0.39 is 39.0 Å². The highest BCUT2D eigenvalue weighted by molar-refractivity contribution is 7.92. The van der Waals surface area contributed by atoms with Crippen LogP contribution in [0.15, 0.2) is 71.6 Å². The molecular weight excluding hydrogens is 600 g/mol. The molecule has 2 amide bonds. The first kappa shape index (κ1) is 34.8. The molecule has 0 unspecified atom stereocenters. The molecule has 0 aliphatic carbocycles. The molecule has 3 rings (SSSR count). The van der Waals surface area contributed by atoms with Crippen LogP contribution in [-0.2, 0) is 26.2 Å². The lowest BCUT2D eigenvalue weighted by atomic mass is 10.1. The second kappa shape index (κ2) is 14.4. The molecule has 0 aromatic heterocycles. The first-order chi connectivity index (χ1) is 21.1. The number of ether oxygens (including phenoxy) is 2. The molecule has 242 valence electrons. The molecule has 3 aromatic carbocycles. The van der Waals surface area contributed by atoms with Gasteiger partial charge in [0.15, 0.2) is 0 Å². The molecule has 0 spiro atoms. The van der Waals surface area contributed by atoms with Crippen LogP contribution in [0.25, 0.3) is 0 Å². The average Bonchev–Trinajstić information content (AvgIpc) is 2.99. The quantitative estimate of drug-likeness (QED) is 0.206. The molecular formula is C32H40N4O8S. The maximum Gasteiger partial charge on any atom is 0.273 e. The van der Waals surface area contributed by atoms with Gasteiger partial charge in [0.25, 0.3) is 15.7 Å². The number of nitro benzene ring substituents is 1. The second-order valence-corrected chi connectivity index (χ2v) is 13.3. The Morgan fingerprint density at radius 2 is 1.51 bits per heavy atom. The summed E-state index contributed by atoms with van der Waals surface area (Å²) in [5.74, 6) is 0.0279. The minimum atomic E-state index is -4.51. The van der Waals surface area contributed by atoms with E-state index in [0.717, 1.165) is 10.4 Å². The van der Waals surface area contributed by atoms with E-state index >= 15 is 0 Å². The SMILES string of the molecule is CC[C@H](C(=O)NC(C)(C)C)N(Cc1ccc(OC)cc1)C(=O)CN(c1ccc(OC)cc1)S(=O)(=O)c1ccc(C)c([N+](=O)[O-])c1. The standard InChI is InChI=1S/C32H40N4O8S/c1-8-28(31(38)33-32(3,4)5)34(20-23-10-14-25(43-6)15-11-23)30(37)21-35(24-12-16-26(44-7)17-13-24)45(41,42)27-18-9-22(2)29(19-27)36(39)40/h9-19,28H,8,20-21H2,1-7H3,(H,33,38)/t28-/m1/s1. The van der Waals surface area contributed by atoms with E-state index in [1.54, 1.807) is 43.3 Å². The summed E-state index contributed by atoms with van der Waals surface area (Å²) in [7, 11) is -1.52. The lowest BCUT2D eigenvalue weighted by Gasteiger charge is -2.34. The number of sulfonamides is 1. The fourth-order valence-electron chi connectivity index (χ4n) is 4.65. The lowest BCUT2D eigenvalue weighted by molar-refractivity contribution is -0.385. The van der Waals surface area contributed by atoms with Gasteiger partial charge in [-0.15, -0.1) is 0 Å². The van der Waals surface area contributed by atoms with E-state index in [1.165, 1.54) is 50.3 Å². The third-order valence-corrected chi connectivity index (χ3v) is 8.77. The number of rotatable bonds is 13. The van der Waals surface area contributed by atoms with Gasteiger partial charge in [0.05, 0.1) is 29.7 Å². The van der Waals surface area contributed by atoms with Gasteiger partial charge < -0.3 is 19.7 Å². The summed E-state index contributed by atoms with van der Waals surface area (Å²) in [6.07, 6.45) is 0.253. The van der Waals surface area contributed by atoms with Crippen molar-refractivity contribution in [2.45, 2.75) is 64.1 Å². The molecule has 0 saturated carbocycles. The third-order valence-electron chi connectivity index (χ3n) is 7.00. The fourth-order valence-corrected chi connectivity index (χ4v) is 6.09. The van der Waals surface area contributed by atoms with Crippen LogP contribution < -0.4 is 19.1 Å². The van der Waals surface area contributed by atoms with Crippen LogP contribution in [0.5, 0.6) is 11.5 Å².